The smallest absolute Gasteiger partial charge is 0.122 e. The molecule has 147 heavy (non-hydrogen) atoms. The van der Waals surface area contributed by atoms with Crippen molar-refractivity contribution < 1.29 is 59.1 Å². The van der Waals surface area contributed by atoms with Crippen molar-refractivity contribution in [1.82, 2.24) is 0 Å². The van der Waals surface area contributed by atoms with Gasteiger partial charge >= 0.3 is 0 Å². The lowest BCUT2D eigenvalue weighted by Gasteiger charge is -2.19. The summed E-state index contributed by atoms with van der Waals surface area (Å²) in [5, 5.41) is 64.8. The maximum Gasteiger partial charge on any atom is 0.122 e. The van der Waals surface area contributed by atoms with Crippen LogP contribution in [0.4, 0.5) is 0 Å². The van der Waals surface area contributed by atoms with E-state index in [1.165, 1.54) is 143 Å². The summed E-state index contributed by atoms with van der Waals surface area (Å²) in [5.41, 5.74) is 32.7. The number of rotatable bonds is 51. The SMILES string of the molecule is CCCCCCOc1ccc(C(O)c2ccc(CCCC)cc2)c(C)c1C.CCCCCOc1ccc(C(O)c2ccc(CCCC)cc2)c(C)c1C.CCCCOc1ccc(C(O)c2ccc(CCCC)cc2)c(C)c1C.CCCCc1ccc(C(O)c2ccc(OC)c(C)c2C)cc1.CCCCc1ccc(C(O)c2ccc(OCC)c(C)c2C)cc1.CCCCc1ccc(C(O)c2ccc(OCCC)c(C)c2C)cc1. The molecule has 0 saturated heterocycles. The minimum Gasteiger partial charge on any atom is -0.496 e. The fourth-order valence-electron chi connectivity index (χ4n) is 18.2. The lowest BCUT2D eigenvalue weighted by molar-refractivity contribution is 0.219. The molecule has 0 aliphatic heterocycles. The third kappa shape index (κ3) is 38.3. The Balaban J connectivity index is 0.000000239. The number of unbranched alkanes of at least 4 members (excludes halogenated alkanes) is 12. The zero-order chi connectivity index (χ0) is 107. The highest BCUT2D eigenvalue weighted by molar-refractivity contribution is 5.54. The number of aliphatic hydroxyl groups is 6. The summed E-state index contributed by atoms with van der Waals surface area (Å²) in [6.45, 7) is 52.3. The van der Waals surface area contributed by atoms with Crippen molar-refractivity contribution in [2.45, 2.75) is 376 Å². The van der Waals surface area contributed by atoms with Gasteiger partial charge in [0, 0.05) is 0 Å². The van der Waals surface area contributed by atoms with Gasteiger partial charge in [0.25, 0.3) is 0 Å². The summed E-state index contributed by atoms with van der Waals surface area (Å²) < 4.78 is 34.5. The molecule has 0 fully saturated rings. The quantitative estimate of drug-likeness (QED) is 0.0199. The van der Waals surface area contributed by atoms with Crippen molar-refractivity contribution in [2.24, 2.45) is 0 Å². The predicted octanol–water partition coefficient (Wildman–Crippen LogP) is 34.3. The Morgan fingerprint density at radius 1 is 0.170 bits per heavy atom. The van der Waals surface area contributed by atoms with E-state index in [1.807, 2.05) is 144 Å². The highest BCUT2D eigenvalue weighted by Crippen LogP contribution is 2.40. The number of ether oxygens (including phenoxy) is 6. The summed E-state index contributed by atoms with van der Waals surface area (Å²) in [4.78, 5) is 0. The molecule has 0 amide bonds. The Labute approximate surface area is 889 Å². The lowest BCUT2D eigenvalue weighted by atomic mass is 9.93. The van der Waals surface area contributed by atoms with Crippen LogP contribution in [0.2, 0.25) is 0 Å². The molecular weight excluding hydrogens is 1810 g/mol. The topological polar surface area (TPSA) is 177 Å². The van der Waals surface area contributed by atoms with E-state index in [-0.39, 0.29) is 0 Å². The van der Waals surface area contributed by atoms with Crippen LogP contribution in [0.25, 0.3) is 0 Å². The van der Waals surface area contributed by atoms with Crippen molar-refractivity contribution >= 4 is 0 Å². The van der Waals surface area contributed by atoms with E-state index < -0.39 is 36.6 Å². The van der Waals surface area contributed by atoms with E-state index in [0.717, 1.165) is 265 Å². The minimum atomic E-state index is -0.595. The molecule has 12 aromatic carbocycles. The van der Waals surface area contributed by atoms with E-state index in [9.17, 15) is 30.6 Å². The third-order valence-electron chi connectivity index (χ3n) is 29.1. The number of hydrogen-bond donors (Lipinski definition) is 6. The van der Waals surface area contributed by atoms with Gasteiger partial charge < -0.3 is 59.1 Å². The van der Waals surface area contributed by atoms with Crippen LogP contribution in [0.1, 0.15) is 421 Å². The van der Waals surface area contributed by atoms with Gasteiger partial charge in [0.2, 0.25) is 0 Å². The van der Waals surface area contributed by atoms with Crippen molar-refractivity contribution in [3.05, 3.63) is 385 Å². The minimum absolute atomic E-state index is 0.593. The van der Waals surface area contributed by atoms with Gasteiger partial charge in [-0.2, -0.15) is 0 Å². The lowest BCUT2D eigenvalue weighted by Crippen LogP contribution is -2.06. The fourth-order valence-corrected chi connectivity index (χ4v) is 18.2. The number of hydrogen-bond acceptors (Lipinski definition) is 12. The van der Waals surface area contributed by atoms with Gasteiger partial charge in [-0.1, -0.05) is 328 Å². The molecule has 12 rings (SSSR count). The van der Waals surface area contributed by atoms with Crippen LogP contribution < -0.4 is 28.4 Å². The molecule has 0 aliphatic carbocycles. The molecule has 0 spiro atoms. The predicted molar refractivity (Wildman–Crippen MR) is 619 cm³/mol. The number of benzene rings is 12. The molecule has 0 radical (unpaired) electrons. The summed E-state index contributed by atoms with van der Waals surface area (Å²) in [5.74, 6) is 5.48. The van der Waals surface area contributed by atoms with Crippen LogP contribution in [0.5, 0.6) is 34.5 Å². The van der Waals surface area contributed by atoms with Crippen LogP contribution in [0, 0.1) is 83.1 Å². The molecule has 12 aromatic rings. The van der Waals surface area contributed by atoms with Crippen molar-refractivity contribution in [1.29, 1.82) is 0 Å². The maximum absolute atomic E-state index is 10.9. The largest absolute Gasteiger partial charge is 0.496 e. The first kappa shape index (κ1) is 123. The molecule has 0 saturated carbocycles. The molecule has 798 valence electrons. The van der Waals surface area contributed by atoms with Crippen molar-refractivity contribution in [3.63, 3.8) is 0 Å². The van der Waals surface area contributed by atoms with E-state index in [1.54, 1.807) is 7.11 Å². The first-order chi connectivity index (χ1) is 71.0. The molecule has 6 atom stereocenters. The molecular formula is C135H186O12. The second-order valence-electron chi connectivity index (χ2n) is 40.1. The summed E-state index contributed by atoms with van der Waals surface area (Å²) in [7, 11) is 1.67. The number of aliphatic hydroxyl groups excluding tert-OH is 6. The normalized spacial score (nSPS) is 12.2. The van der Waals surface area contributed by atoms with Crippen molar-refractivity contribution in [2.75, 3.05) is 40.1 Å². The van der Waals surface area contributed by atoms with Crippen LogP contribution in [0.15, 0.2) is 218 Å². The first-order valence-corrected chi connectivity index (χ1v) is 55.9. The van der Waals surface area contributed by atoms with Crippen molar-refractivity contribution in [3.8, 4) is 34.5 Å². The molecule has 0 aliphatic rings. The van der Waals surface area contributed by atoms with Gasteiger partial charge in [0.05, 0.1) is 40.1 Å². The average Bonchev–Trinajstić information content (AvgIpc) is 0.806. The zero-order valence-electron chi connectivity index (χ0n) is 94.7. The Hall–Kier alpha value is -10.8. The van der Waals surface area contributed by atoms with Gasteiger partial charge in [-0.05, 0) is 396 Å². The first-order valence-electron chi connectivity index (χ1n) is 55.9. The fraction of sp³-hybridized carbons (Fsp3) is 0.467. The van der Waals surface area contributed by atoms with E-state index in [2.05, 4.69) is 234 Å². The number of aryl methyl sites for hydroxylation is 6. The van der Waals surface area contributed by atoms with Gasteiger partial charge in [-0.3, -0.25) is 0 Å². The second-order valence-corrected chi connectivity index (χ2v) is 40.1. The Kier molecular flexibility index (Phi) is 56.4. The van der Waals surface area contributed by atoms with Crippen LogP contribution in [0.3, 0.4) is 0 Å². The van der Waals surface area contributed by atoms with Crippen LogP contribution in [-0.4, -0.2) is 70.8 Å². The Bertz CT molecular complexity index is 5740. The van der Waals surface area contributed by atoms with Crippen LogP contribution >= 0.6 is 0 Å². The van der Waals surface area contributed by atoms with Gasteiger partial charge in [-0.15, -0.1) is 0 Å². The second kappa shape index (κ2) is 67.3. The standard InChI is InChI=1S/C25H36O2.C24H34O2.C23H32O2.C22H30O2.C21H28O2.C20H26O2/c1-5-7-9-10-18-27-24-17-16-23(19(3)20(24)4)25(26)22-14-12-21(13-15-22)11-8-6-2;1-5-7-9-17-26-23-16-15-22(18(3)19(23)4)24(25)21-13-11-20(12-14-21)10-8-6-2;1-5-7-9-19-10-12-20(13-11-19)23(24)21-14-15-22(18(4)17(21)3)25-16-8-6-2;1-5-7-8-18-9-11-19(12-10-18)22(23)20-13-14-21(24-15-6-2)17(4)16(20)3;1-5-7-8-17-9-11-18(12-10-17)21(22)19-13-14-20(23-6-2)16(4)15(19)3;1-5-6-7-16-8-10-17(11-9-16)20(21)18-12-13-19(22-4)15(3)14(18)2/h12-17,25-26H,5-11,18H2,1-4H3;11-16,24-25H,5-10,17H2,1-4H3;10-15,23-24H,5-9,16H2,1-4H3;9-14,22-23H,5-8,15H2,1-4H3;9-14,21-22H,5-8H2,1-4H3;8-13,20-21H,5-7H2,1-4H3. The average molecular weight is 2000 g/mol. The summed E-state index contributed by atoms with van der Waals surface area (Å²) in [6, 6.07) is 74.0. The maximum atomic E-state index is 10.9. The molecule has 0 bridgehead atoms. The molecule has 12 nitrogen and oxygen atoms in total. The Morgan fingerprint density at radius 3 is 0.544 bits per heavy atom. The Morgan fingerprint density at radius 2 is 0.347 bits per heavy atom. The van der Waals surface area contributed by atoms with Gasteiger partial charge in [0.1, 0.15) is 71.1 Å². The monoisotopic (exact) mass is 2000 g/mol. The van der Waals surface area contributed by atoms with Gasteiger partial charge in [-0.25, -0.2) is 0 Å². The van der Waals surface area contributed by atoms with E-state index in [4.69, 9.17) is 28.4 Å². The highest BCUT2D eigenvalue weighted by atomic mass is 16.5. The highest BCUT2D eigenvalue weighted by Gasteiger charge is 2.24. The molecule has 6 unspecified atom stereocenters. The van der Waals surface area contributed by atoms with Gasteiger partial charge in [0.15, 0.2) is 0 Å². The zero-order valence-corrected chi connectivity index (χ0v) is 94.7. The third-order valence-corrected chi connectivity index (χ3v) is 29.1. The summed E-state index contributed by atoms with van der Waals surface area (Å²) >= 11 is 0. The molecule has 12 heteroatoms. The van der Waals surface area contributed by atoms with E-state index >= 15 is 0 Å². The molecule has 0 aromatic heterocycles. The number of methoxy groups -OCH3 is 1. The van der Waals surface area contributed by atoms with Crippen LogP contribution in [-0.2, 0) is 38.5 Å². The summed E-state index contributed by atoms with van der Waals surface area (Å²) in [6.07, 6.45) is 29.0. The molecule has 6 N–H and O–H groups in total. The molecule has 0 heterocycles. The van der Waals surface area contributed by atoms with E-state index in [0.29, 0.717) is 6.61 Å².